The quantitative estimate of drug-likeness (QED) is 0.307. The molecule has 0 radical (unpaired) electrons. The zero-order chi connectivity index (χ0) is 31.1. The van der Waals surface area contributed by atoms with Gasteiger partial charge in [0.1, 0.15) is 23.3 Å². The van der Waals surface area contributed by atoms with Crippen molar-refractivity contribution in [3.63, 3.8) is 0 Å². The van der Waals surface area contributed by atoms with E-state index in [9.17, 15) is 31.5 Å². The fourth-order valence-electron chi connectivity index (χ4n) is 5.74. The summed E-state index contributed by atoms with van der Waals surface area (Å²) in [6, 6.07) is 1.65. The molecule has 15 heteroatoms. The third kappa shape index (κ3) is 6.45. The lowest BCUT2D eigenvalue weighted by Gasteiger charge is -2.32. The third-order valence-electron chi connectivity index (χ3n) is 8.02. The minimum atomic E-state index is -4.61. The topological polar surface area (TPSA) is 115 Å². The first-order valence-electron chi connectivity index (χ1n) is 14.0. The van der Waals surface area contributed by atoms with E-state index in [1.54, 1.807) is 28.9 Å². The monoisotopic (exact) mass is 612 g/mol. The van der Waals surface area contributed by atoms with Crippen molar-refractivity contribution in [2.24, 2.45) is 5.92 Å². The zero-order valence-electron chi connectivity index (χ0n) is 23.8. The second kappa shape index (κ2) is 11.7. The van der Waals surface area contributed by atoms with Crippen LogP contribution >= 0.6 is 0 Å². The Balaban J connectivity index is 1.46. The zero-order valence-corrected chi connectivity index (χ0v) is 23.8. The van der Waals surface area contributed by atoms with Crippen LogP contribution in [0.3, 0.4) is 0 Å². The molecule has 2 fully saturated rings. The molecule has 3 aromatic rings. The molecule has 0 spiro atoms. The van der Waals surface area contributed by atoms with Crippen LogP contribution in [-0.4, -0.2) is 70.0 Å². The van der Waals surface area contributed by atoms with Crippen LogP contribution in [0.5, 0.6) is 0 Å². The van der Waals surface area contributed by atoms with Gasteiger partial charge in [0, 0.05) is 32.2 Å². The highest BCUT2D eigenvalue weighted by atomic mass is 19.4. The van der Waals surface area contributed by atoms with Gasteiger partial charge in [-0.25, -0.2) is 18.6 Å². The number of aromatic nitrogens is 3. The number of fused-ring (bicyclic) bond motifs is 1. The molecular weight excluding hydrogens is 579 g/mol. The summed E-state index contributed by atoms with van der Waals surface area (Å²) in [4.78, 5) is 31.5. The average Bonchev–Trinajstić information content (AvgIpc) is 3.68. The van der Waals surface area contributed by atoms with Gasteiger partial charge < -0.3 is 24.7 Å². The largest absolute Gasteiger partial charge is 0.438 e. The van der Waals surface area contributed by atoms with Crippen molar-refractivity contribution in [1.29, 1.82) is 0 Å². The Morgan fingerprint density at radius 3 is 2.58 bits per heavy atom. The van der Waals surface area contributed by atoms with Crippen molar-refractivity contribution in [3.8, 4) is 0 Å². The SMILES string of the molecule is COC[C@H](c1ccc2oc([C@@H](NC(=O)c3ccnn3C(C)C)C3CCC(F)(F)CC3)nc2c1)N1C[C@@H](C(F)(F)F)NC1=O. The first kappa shape index (κ1) is 30.7. The summed E-state index contributed by atoms with van der Waals surface area (Å²) in [7, 11) is 1.38. The highest BCUT2D eigenvalue weighted by Crippen LogP contribution is 2.42. The number of ether oxygens (including phenoxy) is 1. The summed E-state index contributed by atoms with van der Waals surface area (Å²) in [5, 5.41) is 9.08. The van der Waals surface area contributed by atoms with Gasteiger partial charge in [-0.2, -0.15) is 18.3 Å². The molecule has 1 aliphatic carbocycles. The van der Waals surface area contributed by atoms with Gasteiger partial charge >= 0.3 is 12.2 Å². The lowest BCUT2D eigenvalue weighted by Crippen LogP contribution is -2.40. The highest BCUT2D eigenvalue weighted by molar-refractivity contribution is 5.92. The van der Waals surface area contributed by atoms with Crippen LogP contribution in [0.4, 0.5) is 26.7 Å². The summed E-state index contributed by atoms with van der Waals surface area (Å²) in [5.74, 6) is -3.53. The van der Waals surface area contributed by atoms with E-state index in [0.29, 0.717) is 22.4 Å². The molecule has 234 valence electrons. The van der Waals surface area contributed by atoms with E-state index >= 15 is 0 Å². The van der Waals surface area contributed by atoms with Gasteiger partial charge in [-0.3, -0.25) is 9.48 Å². The van der Waals surface area contributed by atoms with Crippen LogP contribution in [0.25, 0.3) is 11.1 Å². The van der Waals surface area contributed by atoms with Crippen LogP contribution in [0, 0.1) is 5.92 Å². The van der Waals surface area contributed by atoms with Gasteiger partial charge in [0.25, 0.3) is 5.91 Å². The summed E-state index contributed by atoms with van der Waals surface area (Å²) in [5.41, 5.74) is 1.41. The molecule has 43 heavy (non-hydrogen) atoms. The molecule has 2 N–H and O–H groups in total. The minimum Gasteiger partial charge on any atom is -0.438 e. The predicted octanol–water partition coefficient (Wildman–Crippen LogP) is 5.55. The lowest BCUT2D eigenvalue weighted by molar-refractivity contribution is -0.150. The van der Waals surface area contributed by atoms with E-state index in [0.717, 1.165) is 4.90 Å². The Labute approximate surface area is 243 Å². The van der Waals surface area contributed by atoms with Crippen LogP contribution < -0.4 is 10.6 Å². The number of carbonyl (C=O) groups is 2. The van der Waals surface area contributed by atoms with Crippen molar-refractivity contribution in [2.75, 3.05) is 20.3 Å². The number of nitrogens with one attached hydrogen (secondary N) is 2. The maximum atomic E-state index is 14.0. The summed E-state index contributed by atoms with van der Waals surface area (Å²) in [6.45, 7) is 3.07. The fourth-order valence-corrected chi connectivity index (χ4v) is 5.74. The smallest absolute Gasteiger partial charge is 0.410 e. The fraction of sp³-hybridized carbons (Fsp3) is 0.571. The maximum absolute atomic E-state index is 14.0. The van der Waals surface area contributed by atoms with Gasteiger partial charge in [-0.1, -0.05) is 6.07 Å². The van der Waals surface area contributed by atoms with E-state index in [4.69, 9.17) is 9.15 Å². The summed E-state index contributed by atoms with van der Waals surface area (Å²) >= 11 is 0. The lowest BCUT2D eigenvalue weighted by atomic mass is 9.82. The predicted molar refractivity (Wildman–Crippen MR) is 143 cm³/mol. The van der Waals surface area contributed by atoms with Crippen LogP contribution in [-0.2, 0) is 4.74 Å². The van der Waals surface area contributed by atoms with Crippen molar-refractivity contribution in [1.82, 2.24) is 30.3 Å². The first-order chi connectivity index (χ1) is 20.3. The number of carbonyl (C=O) groups excluding carboxylic acids is 2. The molecule has 0 bridgehead atoms. The number of urea groups is 1. The number of methoxy groups -OCH3 is 1. The average molecular weight is 613 g/mol. The van der Waals surface area contributed by atoms with Crippen LogP contribution in [0.1, 0.15) is 79.6 Å². The minimum absolute atomic E-state index is 0.0767. The third-order valence-corrected chi connectivity index (χ3v) is 8.02. The maximum Gasteiger partial charge on any atom is 0.410 e. The molecular formula is C28H33F5N6O4. The molecule has 0 unspecified atom stereocenters. The number of hydrogen-bond donors (Lipinski definition) is 2. The van der Waals surface area contributed by atoms with E-state index in [1.165, 1.54) is 13.3 Å². The number of oxazole rings is 1. The van der Waals surface area contributed by atoms with Crippen molar-refractivity contribution in [2.45, 2.75) is 75.8 Å². The van der Waals surface area contributed by atoms with E-state index < -0.39 is 48.7 Å². The number of hydrogen-bond acceptors (Lipinski definition) is 6. The number of nitrogens with zero attached hydrogens (tertiary/aromatic N) is 4. The first-order valence-corrected chi connectivity index (χ1v) is 14.0. The molecule has 3 amide bonds. The Bertz CT molecular complexity index is 1460. The van der Waals surface area contributed by atoms with E-state index in [-0.39, 0.29) is 50.1 Å². The standard InChI is InChI=1S/C28H33F5N6O4/c1-15(2)39-19(8-11-34-39)24(40)37-23(16-6-9-27(29,30)10-7-16)25-35-18-12-17(4-5-21(18)43-25)20(14-42-3)38-13-22(28(31,32)33)36-26(38)41/h4-5,8,11-12,15-16,20,22-23H,6-7,9-10,13-14H2,1-3H3,(H,36,41)(H,37,40)/t20-,22+,23+/m1/s1. The Kier molecular flexibility index (Phi) is 8.38. The Morgan fingerprint density at radius 2 is 1.95 bits per heavy atom. The Hall–Kier alpha value is -3.75. The normalized spacial score (nSPS) is 20.9. The van der Waals surface area contributed by atoms with Gasteiger partial charge in [-0.05, 0) is 56.4 Å². The molecule has 1 saturated heterocycles. The van der Waals surface area contributed by atoms with Crippen LogP contribution in [0.15, 0.2) is 34.9 Å². The molecule has 2 aromatic heterocycles. The highest BCUT2D eigenvalue weighted by Gasteiger charge is 2.48. The molecule has 10 nitrogen and oxygen atoms in total. The molecule has 1 aliphatic heterocycles. The molecule has 3 atom stereocenters. The van der Waals surface area contributed by atoms with Gasteiger partial charge in [0.15, 0.2) is 5.58 Å². The van der Waals surface area contributed by atoms with Gasteiger partial charge in [-0.15, -0.1) is 0 Å². The Morgan fingerprint density at radius 1 is 1.23 bits per heavy atom. The van der Waals surface area contributed by atoms with Gasteiger partial charge in [0.05, 0.1) is 19.2 Å². The van der Waals surface area contributed by atoms with E-state index in [2.05, 4.69) is 15.4 Å². The number of rotatable bonds is 9. The number of benzene rings is 1. The second-order valence-corrected chi connectivity index (χ2v) is 11.3. The molecule has 5 rings (SSSR count). The summed E-state index contributed by atoms with van der Waals surface area (Å²) < 4.78 is 80.8. The van der Waals surface area contributed by atoms with Gasteiger partial charge in [0.2, 0.25) is 11.8 Å². The molecule has 2 aliphatic rings. The summed E-state index contributed by atoms with van der Waals surface area (Å²) in [6.07, 6.45) is -3.53. The molecule has 3 heterocycles. The van der Waals surface area contributed by atoms with Crippen LogP contribution in [0.2, 0.25) is 0 Å². The van der Waals surface area contributed by atoms with E-state index in [1.807, 2.05) is 19.2 Å². The van der Waals surface area contributed by atoms with Crippen molar-refractivity contribution < 1.29 is 40.7 Å². The number of alkyl halides is 5. The molecule has 1 saturated carbocycles. The number of amides is 3. The van der Waals surface area contributed by atoms with Crippen molar-refractivity contribution >= 4 is 23.0 Å². The van der Waals surface area contributed by atoms with Crippen molar-refractivity contribution in [3.05, 3.63) is 47.6 Å². The number of halogens is 5. The molecule has 1 aromatic carbocycles. The second-order valence-electron chi connectivity index (χ2n) is 11.3.